The van der Waals surface area contributed by atoms with E-state index < -0.39 is 10.0 Å². The van der Waals surface area contributed by atoms with Gasteiger partial charge in [-0.2, -0.15) is 0 Å². The molecule has 5 nitrogen and oxygen atoms in total. The summed E-state index contributed by atoms with van der Waals surface area (Å²) in [6.45, 7) is 3.94. The highest BCUT2D eigenvalue weighted by atomic mass is 32.2. The molecule has 2 atom stereocenters. The number of hydrogen-bond acceptors (Lipinski definition) is 5. The molecule has 7 heteroatoms. The molecule has 19 heavy (non-hydrogen) atoms. The third-order valence-electron chi connectivity index (χ3n) is 3.29. The average molecular weight is 304 g/mol. The average Bonchev–Trinajstić information content (AvgIpc) is 2.99. The van der Waals surface area contributed by atoms with Crippen molar-refractivity contribution in [2.75, 3.05) is 20.3 Å². The predicted molar refractivity (Wildman–Crippen MR) is 75.8 cm³/mol. The molecule has 2 N–H and O–H groups in total. The molecule has 0 saturated carbocycles. The maximum atomic E-state index is 12.3. The predicted octanol–water partition coefficient (Wildman–Crippen LogP) is 1.17. The summed E-state index contributed by atoms with van der Waals surface area (Å²) in [4.78, 5) is 0. The Morgan fingerprint density at radius 2 is 2.37 bits per heavy atom. The zero-order valence-corrected chi connectivity index (χ0v) is 12.8. The first-order valence-corrected chi connectivity index (χ1v) is 8.71. The van der Waals surface area contributed by atoms with Gasteiger partial charge in [0.2, 0.25) is 10.0 Å². The third kappa shape index (κ3) is 3.76. The molecule has 108 valence electrons. The Hall–Kier alpha value is -0.470. The molecule has 1 aliphatic heterocycles. The summed E-state index contributed by atoms with van der Waals surface area (Å²) in [5, 5.41) is 4.88. The zero-order valence-electron chi connectivity index (χ0n) is 11.2. The van der Waals surface area contributed by atoms with Crippen molar-refractivity contribution in [3.63, 3.8) is 0 Å². The molecule has 0 aromatic carbocycles. The lowest BCUT2D eigenvalue weighted by Crippen LogP contribution is -2.38. The Bertz CT molecular complexity index is 507. The van der Waals surface area contributed by atoms with Crippen LogP contribution in [0.25, 0.3) is 0 Å². The van der Waals surface area contributed by atoms with E-state index in [0.29, 0.717) is 17.4 Å². The van der Waals surface area contributed by atoms with Crippen molar-refractivity contribution in [1.29, 1.82) is 0 Å². The molecule has 2 rings (SSSR count). The molecule has 2 unspecified atom stereocenters. The number of nitrogens with one attached hydrogen (secondary N) is 2. The molecular weight excluding hydrogens is 284 g/mol. The van der Waals surface area contributed by atoms with E-state index in [-0.39, 0.29) is 12.0 Å². The fraction of sp³-hybridized carbons (Fsp3) is 0.667. The first kappa shape index (κ1) is 14.9. The summed E-state index contributed by atoms with van der Waals surface area (Å²) in [6.07, 6.45) is 0.916. The van der Waals surface area contributed by atoms with Gasteiger partial charge in [0.05, 0.1) is 6.61 Å². The zero-order chi connectivity index (χ0) is 13.9. The van der Waals surface area contributed by atoms with Gasteiger partial charge in [0.25, 0.3) is 0 Å². The Balaban J connectivity index is 2.03. The minimum atomic E-state index is -3.41. The highest BCUT2D eigenvalue weighted by Crippen LogP contribution is 2.23. The van der Waals surface area contributed by atoms with Gasteiger partial charge in [-0.15, -0.1) is 11.3 Å². The minimum absolute atomic E-state index is 0.0950. The van der Waals surface area contributed by atoms with Gasteiger partial charge in [-0.05, 0) is 37.4 Å². The van der Waals surface area contributed by atoms with E-state index in [0.717, 1.165) is 18.6 Å². The lowest BCUT2D eigenvalue weighted by atomic mass is 10.0. The van der Waals surface area contributed by atoms with Crippen LogP contribution in [-0.4, -0.2) is 34.7 Å². The Morgan fingerprint density at radius 3 is 3.00 bits per heavy atom. The molecule has 2 heterocycles. The van der Waals surface area contributed by atoms with E-state index in [1.165, 1.54) is 11.3 Å². The second kappa shape index (κ2) is 6.32. The summed E-state index contributed by atoms with van der Waals surface area (Å²) in [5.74, 6) is 0.270. The van der Waals surface area contributed by atoms with Gasteiger partial charge in [0.1, 0.15) is 4.21 Å². The van der Waals surface area contributed by atoms with E-state index >= 15 is 0 Å². The second-order valence-corrected chi connectivity index (χ2v) is 7.69. The standard InChI is InChI=1S/C12H20N2O3S2/c1-9(11-3-4-17-7-11)14-19(15,16)12-5-10(6-13-2)8-18-12/h5,8-9,11,13-14H,3-4,6-7H2,1-2H3. The topological polar surface area (TPSA) is 67.4 Å². The summed E-state index contributed by atoms with van der Waals surface area (Å²) in [6, 6.07) is 1.63. The third-order valence-corrected chi connectivity index (χ3v) is 6.34. The van der Waals surface area contributed by atoms with Crippen LogP contribution < -0.4 is 10.0 Å². The van der Waals surface area contributed by atoms with E-state index in [2.05, 4.69) is 10.0 Å². The molecular formula is C12H20N2O3S2. The van der Waals surface area contributed by atoms with Crippen LogP contribution in [0.15, 0.2) is 15.7 Å². The van der Waals surface area contributed by atoms with Crippen LogP contribution in [0, 0.1) is 5.92 Å². The van der Waals surface area contributed by atoms with Crippen LogP contribution in [-0.2, 0) is 21.3 Å². The van der Waals surface area contributed by atoms with Gasteiger partial charge in [-0.1, -0.05) is 0 Å². The van der Waals surface area contributed by atoms with Crippen LogP contribution in [0.3, 0.4) is 0 Å². The first-order valence-electron chi connectivity index (χ1n) is 6.35. The van der Waals surface area contributed by atoms with Gasteiger partial charge < -0.3 is 10.1 Å². The van der Waals surface area contributed by atoms with E-state index in [1.807, 2.05) is 19.4 Å². The van der Waals surface area contributed by atoms with Gasteiger partial charge in [0.15, 0.2) is 0 Å². The van der Waals surface area contributed by atoms with Crippen molar-refractivity contribution in [3.05, 3.63) is 17.0 Å². The normalized spacial score (nSPS) is 21.7. The highest BCUT2D eigenvalue weighted by Gasteiger charge is 2.27. The van der Waals surface area contributed by atoms with Crippen LogP contribution in [0.1, 0.15) is 18.9 Å². The molecule has 0 amide bonds. The smallest absolute Gasteiger partial charge is 0.250 e. The molecule has 1 fully saturated rings. The largest absolute Gasteiger partial charge is 0.381 e. The molecule has 1 aromatic rings. The fourth-order valence-corrected chi connectivity index (χ4v) is 4.68. The number of ether oxygens (including phenoxy) is 1. The first-order chi connectivity index (χ1) is 9.03. The van der Waals surface area contributed by atoms with Crippen LogP contribution >= 0.6 is 11.3 Å². The Kier molecular flexibility index (Phi) is 4.97. The summed E-state index contributed by atoms with van der Waals surface area (Å²) < 4.78 is 32.9. The number of sulfonamides is 1. The molecule has 1 aromatic heterocycles. The van der Waals surface area contributed by atoms with Gasteiger partial charge in [0, 0.05) is 25.1 Å². The molecule has 0 aliphatic carbocycles. The highest BCUT2D eigenvalue weighted by molar-refractivity contribution is 7.91. The fourth-order valence-electron chi connectivity index (χ4n) is 2.14. The monoisotopic (exact) mass is 304 g/mol. The second-order valence-electron chi connectivity index (χ2n) is 4.84. The molecule has 0 spiro atoms. The molecule has 1 saturated heterocycles. The van der Waals surface area contributed by atoms with Gasteiger partial charge in [-0.25, -0.2) is 13.1 Å². The van der Waals surface area contributed by atoms with Crippen LogP contribution in [0.4, 0.5) is 0 Å². The quantitative estimate of drug-likeness (QED) is 0.828. The van der Waals surface area contributed by atoms with E-state index in [1.54, 1.807) is 6.07 Å². The van der Waals surface area contributed by atoms with Crippen molar-refractivity contribution in [3.8, 4) is 0 Å². The van der Waals surface area contributed by atoms with Gasteiger partial charge >= 0.3 is 0 Å². The van der Waals surface area contributed by atoms with Crippen molar-refractivity contribution in [2.45, 2.75) is 30.1 Å². The maximum absolute atomic E-state index is 12.3. The van der Waals surface area contributed by atoms with Crippen molar-refractivity contribution < 1.29 is 13.2 Å². The van der Waals surface area contributed by atoms with Crippen molar-refractivity contribution in [1.82, 2.24) is 10.0 Å². The summed E-state index contributed by atoms with van der Waals surface area (Å²) >= 11 is 1.26. The molecule has 0 radical (unpaired) electrons. The summed E-state index contributed by atoms with van der Waals surface area (Å²) in [7, 11) is -1.57. The van der Waals surface area contributed by atoms with Crippen LogP contribution in [0.5, 0.6) is 0 Å². The lowest BCUT2D eigenvalue weighted by Gasteiger charge is -2.18. The van der Waals surface area contributed by atoms with Crippen LogP contribution in [0.2, 0.25) is 0 Å². The maximum Gasteiger partial charge on any atom is 0.250 e. The number of thiophene rings is 1. The Morgan fingerprint density at radius 1 is 1.58 bits per heavy atom. The Labute approximate surface area is 118 Å². The van der Waals surface area contributed by atoms with E-state index in [9.17, 15) is 8.42 Å². The van der Waals surface area contributed by atoms with Crippen molar-refractivity contribution in [2.24, 2.45) is 5.92 Å². The number of hydrogen-bond donors (Lipinski definition) is 2. The van der Waals surface area contributed by atoms with Crippen molar-refractivity contribution >= 4 is 21.4 Å². The molecule has 0 bridgehead atoms. The molecule has 1 aliphatic rings. The van der Waals surface area contributed by atoms with Gasteiger partial charge in [-0.3, -0.25) is 0 Å². The van der Waals surface area contributed by atoms with E-state index in [4.69, 9.17) is 4.74 Å². The number of rotatable bonds is 6. The summed E-state index contributed by atoms with van der Waals surface area (Å²) in [5.41, 5.74) is 0.990. The lowest BCUT2D eigenvalue weighted by molar-refractivity contribution is 0.180. The minimum Gasteiger partial charge on any atom is -0.381 e. The SMILES string of the molecule is CNCc1csc(S(=O)(=O)NC(C)C2CCOC2)c1.